The number of benzene rings is 1. The van der Waals surface area contributed by atoms with E-state index in [-0.39, 0.29) is 17.6 Å². The van der Waals surface area contributed by atoms with E-state index in [1.807, 2.05) is 31.7 Å². The van der Waals surface area contributed by atoms with Crippen molar-refractivity contribution >= 4 is 17.7 Å². The molecule has 1 unspecified atom stereocenters. The van der Waals surface area contributed by atoms with Crippen molar-refractivity contribution in [1.82, 2.24) is 10.6 Å². The van der Waals surface area contributed by atoms with Gasteiger partial charge in [-0.3, -0.25) is 4.99 Å². The molecule has 0 saturated carbocycles. The number of ether oxygens (including phenoxy) is 1. The van der Waals surface area contributed by atoms with Crippen molar-refractivity contribution < 1.29 is 9.13 Å². The topological polar surface area (TPSA) is 45.7 Å². The predicted octanol–water partition coefficient (Wildman–Crippen LogP) is 3.20. The number of guanidine groups is 1. The molecule has 22 heavy (non-hydrogen) atoms. The Bertz CT molecular complexity index is 482. The zero-order chi connectivity index (χ0) is 16.4. The Kier molecular flexibility index (Phi) is 8.74. The smallest absolute Gasteiger partial charge is 0.191 e. The van der Waals surface area contributed by atoms with Crippen LogP contribution >= 0.6 is 11.8 Å². The first-order valence-electron chi connectivity index (χ1n) is 7.49. The van der Waals surface area contributed by atoms with Crippen LogP contribution in [0.3, 0.4) is 0 Å². The zero-order valence-electron chi connectivity index (χ0n) is 13.8. The molecule has 1 atom stereocenters. The molecule has 0 spiro atoms. The van der Waals surface area contributed by atoms with E-state index in [0.717, 1.165) is 36.8 Å². The molecule has 0 heterocycles. The number of nitrogens with one attached hydrogen (secondary N) is 2. The second kappa shape index (κ2) is 10.3. The van der Waals surface area contributed by atoms with E-state index in [2.05, 4.69) is 21.9 Å². The minimum Gasteiger partial charge on any atom is -0.494 e. The van der Waals surface area contributed by atoms with Gasteiger partial charge in [0.2, 0.25) is 0 Å². The third-order valence-corrected chi connectivity index (χ3v) is 3.85. The normalized spacial score (nSPS) is 12.9. The first kappa shape index (κ1) is 18.6. The van der Waals surface area contributed by atoms with E-state index in [9.17, 15) is 4.39 Å². The van der Waals surface area contributed by atoms with Crippen molar-refractivity contribution in [2.24, 2.45) is 4.99 Å². The second-order valence-corrected chi connectivity index (χ2v) is 5.85. The van der Waals surface area contributed by atoms with Gasteiger partial charge in [-0.15, -0.1) is 0 Å². The van der Waals surface area contributed by atoms with Crippen LogP contribution in [-0.2, 0) is 0 Å². The third-order valence-electron chi connectivity index (χ3n) is 3.15. The fourth-order valence-electron chi connectivity index (χ4n) is 1.96. The minimum atomic E-state index is -0.351. The predicted molar refractivity (Wildman–Crippen MR) is 93.5 cm³/mol. The van der Waals surface area contributed by atoms with E-state index in [4.69, 9.17) is 4.74 Å². The van der Waals surface area contributed by atoms with Crippen LogP contribution in [0.1, 0.15) is 31.9 Å². The maximum atomic E-state index is 13.8. The van der Waals surface area contributed by atoms with Gasteiger partial charge in [-0.05, 0) is 50.0 Å². The lowest BCUT2D eigenvalue weighted by atomic mass is 10.1. The van der Waals surface area contributed by atoms with E-state index in [1.165, 1.54) is 13.2 Å². The molecular formula is C16H26FN3OS. The molecule has 0 aliphatic rings. The van der Waals surface area contributed by atoms with E-state index < -0.39 is 0 Å². The van der Waals surface area contributed by atoms with Crippen LogP contribution in [0.4, 0.5) is 4.39 Å². The summed E-state index contributed by atoms with van der Waals surface area (Å²) < 4.78 is 18.7. The van der Waals surface area contributed by atoms with Crippen LogP contribution in [0.5, 0.6) is 5.75 Å². The molecular weight excluding hydrogens is 301 g/mol. The van der Waals surface area contributed by atoms with Crippen molar-refractivity contribution in [3.63, 3.8) is 0 Å². The van der Waals surface area contributed by atoms with Crippen LogP contribution in [-0.4, -0.2) is 38.2 Å². The number of halogens is 1. The summed E-state index contributed by atoms with van der Waals surface area (Å²) in [4.78, 5) is 4.54. The molecule has 124 valence electrons. The minimum absolute atomic E-state index is 0.0428. The Morgan fingerprint density at radius 1 is 1.45 bits per heavy atom. The molecule has 0 aromatic heterocycles. The highest BCUT2D eigenvalue weighted by Gasteiger charge is 2.11. The fraction of sp³-hybridized carbons (Fsp3) is 0.562. The van der Waals surface area contributed by atoms with Gasteiger partial charge in [-0.2, -0.15) is 11.8 Å². The number of aliphatic imine (C=N–C) groups is 1. The summed E-state index contributed by atoms with van der Waals surface area (Å²) in [6.07, 6.45) is 3.14. The quantitative estimate of drug-likeness (QED) is 0.437. The van der Waals surface area contributed by atoms with Gasteiger partial charge in [0, 0.05) is 13.1 Å². The molecule has 2 N–H and O–H groups in total. The van der Waals surface area contributed by atoms with Gasteiger partial charge in [-0.1, -0.05) is 6.07 Å². The summed E-state index contributed by atoms with van der Waals surface area (Å²) in [5, 5.41) is 6.51. The maximum Gasteiger partial charge on any atom is 0.191 e. The SMILES string of the molecule is CCNC(=NCCCSC)NC(C)c1ccc(OC)c(F)c1. The van der Waals surface area contributed by atoms with Crippen molar-refractivity contribution in [1.29, 1.82) is 0 Å². The van der Waals surface area contributed by atoms with Crippen molar-refractivity contribution in [3.8, 4) is 5.75 Å². The molecule has 0 radical (unpaired) electrons. The van der Waals surface area contributed by atoms with E-state index in [0.29, 0.717) is 0 Å². The van der Waals surface area contributed by atoms with Gasteiger partial charge in [0.05, 0.1) is 13.2 Å². The zero-order valence-corrected chi connectivity index (χ0v) is 14.6. The third kappa shape index (κ3) is 6.13. The summed E-state index contributed by atoms with van der Waals surface area (Å²) in [6, 6.07) is 4.95. The molecule has 6 heteroatoms. The molecule has 1 aromatic rings. The Morgan fingerprint density at radius 2 is 2.23 bits per heavy atom. The van der Waals surface area contributed by atoms with Gasteiger partial charge in [0.15, 0.2) is 17.5 Å². The second-order valence-electron chi connectivity index (χ2n) is 4.87. The summed E-state index contributed by atoms with van der Waals surface area (Å²) >= 11 is 1.82. The van der Waals surface area contributed by atoms with Gasteiger partial charge in [0.1, 0.15) is 0 Å². The summed E-state index contributed by atoms with van der Waals surface area (Å²) in [5.74, 6) is 1.76. The Labute approximate surface area is 136 Å². The first-order valence-corrected chi connectivity index (χ1v) is 8.89. The Morgan fingerprint density at radius 3 is 2.82 bits per heavy atom. The number of nitrogens with zero attached hydrogens (tertiary/aromatic N) is 1. The van der Waals surface area contributed by atoms with Crippen LogP contribution in [0.25, 0.3) is 0 Å². The van der Waals surface area contributed by atoms with Crippen LogP contribution in [0, 0.1) is 5.82 Å². The summed E-state index contributed by atoms with van der Waals surface area (Å²) in [5.41, 5.74) is 0.855. The molecule has 1 rings (SSSR count). The molecule has 1 aromatic carbocycles. The average molecular weight is 327 g/mol. The van der Waals surface area contributed by atoms with Crippen LogP contribution in [0.2, 0.25) is 0 Å². The number of hydrogen-bond acceptors (Lipinski definition) is 3. The lowest BCUT2D eigenvalue weighted by Crippen LogP contribution is -2.38. The van der Waals surface area contributed by atoms with Crippen molar-refractivity contribution in [3.05, 3.63) is 29.6 Å². The molecule has 0 aliphatic carbocycles. The molecule has 0 bridgehead atoms. The number of hydrogen-bond donors (Lipinski definition) is 2. The molecule has 4 nitrogen and oxygen atoms in total. The largest absolute Gasteiger partial charge is 0.494 e. The lowest BCUT2D eigenvalue weighted by molar-refractivity contribution is 0.386. The van der Waals surface area contributed by atoms with Gasteiger partial charge >= 0.3 is 0 Å². The van der Waals surface area contributed by atoms with Crippen molar-refractivity contribution in [2.75, 3.05) is 32.2 Å². The Balaban J connectivity index is 2.69. The summed E-state index contributed by atoms with van der Waals surface area (Å²) in [7, 11) is 1.46. The van der Waals surface area contributed by atoms with E-state index >= 15 is 0 Å². The highest BCUT2D eigenvalue weighted by molar-refractivity contribution is 7.98. The number of methoxy groups -OCH3 is 1. The lowest BCUT2D eigenvalue weighted by Gasteiger charge is -2.18. The standard InChI is InChI=1S/C16H26FN3OS/c1-5-18-16(19-9-6-10-22-4)20-12(2)13-7-8-15(21-3)14(17)11-13/h7-8,11-12H,5-6,9-10H2,1-4H3,(H2,18,19,20). The van der Waals surface area contributed by atoms with Crippen LogP contribution in [0.15, 0.2) is 23.2 Å². The molecule has 0 aliphatic heterocycles. The summed E-state index contributed by atoms with van der Waals surface area (Å²) in [6.45, 7) is 5.57. The first-order chi connectivity index (χ1) is 10.6. The molecule has 0 amide bonds. The number of rotatable bonds is 8. The number of thioether (sulfide) groups is 1. The van der Waals surface area contributed by atoms with Crippen molar-refractivity contribution in [2.45, 2.75) is 26.3 Å². The van der Waals surface area contributed by atoms with Gasteiger partial charge < -0.3 is 15.4 Å². The fourth-order valence-corrected chi connectivity index (χ4v) is 2.38. The highest BCUT2D eigenvalue weighted by atomic mass is 32.2. The maximum absolute atomic E-state index is 13.8. The van der Waals surface area contributed by atoms with E-state index in [1.54, 1.807) is 6.07 Å². The van der Waals surface area contributed by atoms with Gasteiger partial charge in [-0.25, -0.2) is 4.39 Å². The van der Waals surface area contributed by atoms with Crippen LogP contribution < -0.4 is 15.4 Å². The highest BCUT2D eigenvalue weighted by Crippen LogP contribution is 2.21. The average Bonchev–Trinajstić information content (AvgIpc) is 2.51. The van der Waals surface area contributed by atoms with Gasteiger partial charge in [0.25, 0.3) is 0 Å². The molecule has 0 saturated heterocycles. The monoisotopic (exact) mass is 327 g/mol. The molecule has 0 fully saturated rings. The Hall–Kier alpha value is -1.43.